The summed E-state index contributed by atoms with van der Waals surface area (Å²) in [6.45, 7) is 9.41. The van der Waals surface area contributed by atoms with Gasteiger partial charge in [-0.1, -0.05) is 13.8 Å². The summed E-state index contributed by atoms with van der Waals surface area (Å²) in [4.78, 5) is 19.4. The van der Waals surface area contributed by atoms with Gasteiger partial charge in [-0.15, -0.1) is 11.3 Å². The molecule has 1 atom stereocenters. The van der Waals surface area contributed by atoms with Crippen LogP contribution >= 0.6 is 11.3 Å². The lowest BCUT2D eigenvalue weighted by atomic mass is 9.76. The molecule has 100 valence electrons. The van der Waals surface area contributed by atoms with Crippen LogP contribution in [0, 0.1) is 25.2 Å². The molecule has 1 N–H and O–H groups in total. The van der Waals surface area contributed by atoms with Gasteiger partial charge in [-0.05, 0) is 26.2 Å². The molecule has 5 heteroatoms. The van der Waals surface area contributed by atoms with Crippen molar-refractivity contribution in [3.8, 4) is 0 Å². The minimum absolute atomic E-state index is 0.141. The van der Waals surface area contributed by atoms with Crippen molar-refractivity contribution in [1.29, 1.82) is 0 Å². The second-order valence-electron chi connectivity index (χ2n) is 5.43. The van der Waals surface area contributed by atoms with Gasteiger partial charge in [0.25, 0.3) is 0 Å². The number of rotatable bonds is 3. The van der Waals surface area contributed by atoms with Crippen LogP contribution < -0.4 is 4.90 Å². The van der Waals surface area contributed by atoms with Gasteiger partial charge in [-0.25, -0.2) is 4.98 Å². The van der Waals surface area contributed by atoms with Gasteiger partial charge < -0.3 is 10.0 Å². The Balaban J connectivity index is 2.24. The molecular formula is C13H20N2O2S. The van der Waals surface area contributed by atoms with Gasteiger partial charge in [0.1, 0.15) is 0 Å². The van der Waals surface area contributed by atoms with E-state index in [1.54, 1.807) is 11.3 Å². The zero-order chi connectivity index (χ0) is 13.5. The normalized spacial score (nSPS) is 23.9. The SMILES string of the molecule is Cc1nc(N2CCC(C(=O)O)(C(C)C)C2)sc1C. The fraction of sp³-hybridized carbons (Fsp3) is 0.692. The van der Waals surface area contributed by atoms with Crippen molar-refractivity contribution >= 4 is 22.4 Å². The molecular weight excluding hydrogens is 248 g/mol. The molecule has 18 heavy (non-hydrogen) atoms. The molecule has 0 amide bonds. The average Bonchev–Trinajstić information content (AvgIpc) is 2.84. The van der Waals surface area contributed by atoms with Crippen molar-refractivity contribution in [2.24, 2.45) is 11.3 Å². The van der Waals surface area contributed by atoms with Gasteiger partial charge in [-0.3, -0.25) is 4.79 Å². The maximum Gasteiger partial charge on any atom is 0.311 e. The van der Waals surface area contributed by atoms with Crippen molar-refractivity contribution in [2.75, 3.05) is 18.0 Å². The van der Waals surface area contributed by atoms with Crippen molar-refractivity contribution in [1.82, 2.24) is 4.98 Å². The van der Waals surface area contributed by atoms with E-state index in [-0.39, 0.29) is 5.92 Å². The predicted molar refractivity (Wildman–Crippen MR) is 73.3 cm³/mol. The van der Waals surface area contributed by atoms with Gasteiger partial charge in [0.05, 0.1) is 11.1 Å². The smallest absolute Gasteiger partial charge is 0.311 e. The van der Waals surface area contributed by atoms with Gasteiger partial charge in [-0.2, -0.15) is 0 Å². The first-order valence-corrected chi connectivity index (χ1v) is 7.11. The Bertz CT molecular complexity index is 450. The standard InChI is InChI=1S/C13H20N2O2S/c1-8(2)13(11(16)17)5-6-15(7-13)12-14-9(3)10(4)18-12/h8H,5-7H2,1-4H3,(H,16,17). The van der Waals surface area contributed by atoms with Gasteiger partial charge in [0.2, 0.25) is 0 Å². The molecule has 1 fully saturated rings. The van der Waals surface area contributed by atoms with Crippen molar-refractivity contribution in [3.05, 3.63) is 10.6 Å². The molecule has 1 aromatic heterocycles. The molecule has 1 unspecified atom stereocenters. The van der Waals surface area contributed by atoms with E-state index in [2.05, 4.69) is 16.8 Å². The van der Waals surface area contributed by atoms with E-state index in [0.29, 0.717) is 13.0 Å². The molecule has 0 bridgehead atoms. The fourth-order valence-electron chi connectivity index (χ4n) is 2.48. The van der Waals surface area contributed by atoms with Crippen molar-refractivity contribution in [2.45, 2.75) is 34.1 Å². The van der Waals surface area contributed by atoms with Crippen LogP contribution in [0.15, 0.2) is 0 Å². The summed E-state index contributed by atoms with van der Waals surface area (Å²) in [7, 11) is 0. The van der Waals surface area contributed by atoms with E-state index in [1.165, 1.54) is 4.88 Å². The molecule has 1 aromatic rings. The van der Waals surface area contributed by atoms with Gasteiger partial charge >= 0.3 is 5.97 Å². The number of aliphatic carboxylic acids is 1. The third-order valence-corrected chi connectivity index (χ3v) is 5.25. The number of hydrogen-bond acceptors (Lipinski definition) is 4. The van der Waals surface area contributed by atoms with E-state index in [4.69, 9.17) is 0 Å². The predicted octanol–water partition coefficient (Wildman–Crippen LogP) is 2.70. The lowest BCUT2D eigenvalue weighted by Crippen LogP contribution is -2.39. The molecule has 0 aliphatic carbocycles. The minimum atomic E-state index is -0.676. The van der Waals surface area contributed by atoms with Crippen LogP contribution in [0.1, 0.15) is 30.8 Å². The highest BCUT2D eigenvalue weighted by Gasteiger charge is 2.47. The van der Waals surface area contributed by atoms with Gasteiger partial charge in [0.15, 0.2) is 5.13 Å². The largest absolute Gasteiger partial charge is 0.481 e. The van der Waals surface area contributed by atoms with Crippen molar-refractivity contribution < 1.29 is 9.90 Å². The molecule has 1 saturated heterocycles. The number of aromatic nitrogens is 1. The molecule has 0 aromatic carbocycles. The highest BCUT2D eigenvalue weighted by molar-refractivity contribution is 7.15. The number of carbonyl (C=O) groups is 1. The Kier molecular flexibility index (Phi) is 3.36. The van der Waals surface area contributed by atoms with E-state index in [0.717, 1.165) is 17.4 Å². The highest BCUT2D eigenvalue weighted by atomic mass is 32.1. The second kappa shape index (κ2) is 4.53. The Morgan fingerprint density at radius 1 is 1.50 bits per heavy atom. The van der Waals surface area contributed by atoms with Crippen LogP contribution in [0.5, 0.6) is 0 Å². The molecule has 1 aliphatic rings. The lowest BCUT2D eigenvalue weighted by molar-refractivity contribution is -0.150. The molecule has 2 rings (SSSR count). The zero-order valence-corrected chi connectivity index (χ0v) is 12.2. The van der Waals surface area contributed by atoms with E-state index in [1.807, 2.05) is 20.8 Å². The number of aryl methyl sites for hydroxylation is 2. The second-order valence-corrected chi connectivity index (χ2v) is 6.61. The van der Waals surface area contributed by atoms with Crippen LogP contribution in [-0.2, 0) is 4.79 Å². The van der Waals surface area contributed by atoms with Crippen molar-refractivity contribution in [3.63, 3.8) is 0 Å². The number of thiazole rings is 1. The van der Waals surface area contributed by atoms with Gasteiger partial charge in [0, 0.05) is 18.0 Å². The number of hydrogen-bond donors (Lipinski definition) is 1. The Morgan fingerprint density at radius 2 is 2.17 bits per heavy atom. The zero-order valence-electron chi connectivity index (χ0n) is 11.4. The third kappa shape index (κ3) is 2.00. The summed E-state index contributed by atoms with van der Waals surface area (Å²) in [5.41, 5.74) is 0.431. The number of carboxylic acid groups (broad SMARTS) is 1. The number of nitrogens with zero attached hydrogens (tertiary/aromatic N) is 2. The Labute approximate surface area is 112 Å². The van der Waals surface area contributed by atoms with E-state index >= 15 is 0 Å². The maximum atomic E-state index is 11.6. The topological polar surface area (TPSA) is 53.4 Å². The van der Waals surface area contributed by atoms with E-state index < -0.39 is 11.4 Å². The van der Waals surface area contributed by atoms with Crippen LogP contribution in [0.2, 0.25) is 0 Å². The third-order valence-electron chi connectivity index (χ3n) is 4.12. The number of carboxylic acids is 1. The first kappa shape index (κ1) is 13.3. The van der Waals surface area contributed by atoms with Crippen LogP contribution in [0.25, 0.3) is 0 Å². The minimum Gasteiger partial charge on any atom is -0.481 e. The molecule has 4 nitrogen and oxygen atoms in total. The summed E-state index contributed by atoms with van der Waals surface area (Å²) in [5.74, 6) is -0.535. The molecule has 1 aliphatic heterocycles. The monoisotopic (exact) mass is 268 g/mol. The summed E-state index contributed by atoms with van der Waals surface area (Å²) in [6, 6.07) is 0. The maximum absolute atomic E-state index is 11.6. The highest BCUT2D eigenvalue weighted by Crippen LogP contribution is 2.41. The average molecular weight is 268 g/mol. The summed E-state index contributed by atoms with van der Waals surface area (Å²) < 4.78 is 0. The van der Waals surface area contributed by atoms with Crippen LogP contribution in [0.3, 0.4) is 0 Å². The molecule has 0 radical (unpaired) electrons. The Morgan fingerprint density at radius 3 is 2.56 bits per heavy atom. The van der Waals surface area contributed by atoms with Crippen LogP contribution in [0.4, 0.5) is 5.13 Å². The van der Waals surface area contributed by atoms with E-state index in [9.17, 15) is 9.90 Å². The lowest BCUT2D eigenvalue weighted by Gasteiger charge is -2.28. The quantitative estimate of drug-likeness (QED) is 0.915. The summed E-state index contributed by atoms with van der Waals surface area (Å²) in [5, 5.41) is 10.5. The van der Waals surface area contributed by atoms with Crippen LogP contribution in [-0.4, -0.2) is 29.1 Å². The first-order valence-electron chi connectivity index (χ1n) is 6.29. The fourth-order valence-corrected chi connectivity index (χ4v) is 3.41. The molecule has 0 spiro atoms. The molecule has 2 heterocycles. The summed E-state index contributed by atoms with van der Waals surface area (Å²) >= 11 is 1.66. The first-order chi connectivity index (χ1) is 8.36. The summed E-state index contributed by atoms with van der Waals surface area (Å²) in [6.07, 6.45) is 0.706. The molecule has 0 saturated carbocycles. The number of anilines is 1. The Hall–Kier alpha value is -1.10.